The van der Waals surface area contributed by atoms with E-state index in [9.17, 15) is 18.0 Å². The van der Waals surface area contributed by atoms with Crippen molar-refractivity contribution in [3.8, 4) is 0 Å². The van der Waals surface area contributed by atoms with Crippen LogP contribution in [0.15, 0.2) is 52.8 Å². The Balaban J connectivity index is 1.87. The fourth-order valence-electron chi connectivity index (χ4n) is 1.85. The van der Waals surface area contributed by atoms with Gasteiger partial charge in [-0.05, 0) is 29.6 Å². The Morgan fingerprint density at radius 1 is 1.14 bits per heavy atom. The van der Waals surface area contributed by atoms with Gasteiger partial charge in [-0.1, -0.05) is 12.1 Å². The van der Waals surface area contributed by atoms with Gasteiger partial charge in [-0.2, -0.15) is 13.2 Å². The lowest BCUT2D eigenvalue weighted by Crippen LogP contribution is -2.07. The van der Waals surface area contributed by atoms with E-state index in [1.807, 2.05) is 5.38 Å². The van der Waals surface area contributed by atoms with Crippen molar-refractivity contribution >= 4 is 34.5 Å². The number of halogens is 3. The third-order valence-corrected chi connectivity index (χ3v) is 3.73. The molecule has 0 radical (unpaired) electrons. The molecule has 3 nitrogen and oxygen atoms in total. The van der Waals surface area contributed by atoms with E-state index in [0.717, 1.165) is 17.0 Å². The second kappa shape index (κ2) is 5.42. The molecule has 2 aromatic rings. The Hall–Kier alpha value is -2.41. The Morgan fingerprint density at radius 2 is 1.95 bits per heavy atom. The highest BCUT2D eigenvalue weighted by atomic mass is 32.1. The number of alkyl halides is 3. The van der Waals surface area contributed by atoms with Crippen molar-refractivity contribution < 1.29 is 22.7 Å². The fourth-order valence-corrected chi connectivity index (χ4v) is 2.53. The molecule has 22 heavy (non-hydrogen) atoms. The van der Waals surface area contributed by atoms with Crippen LogP contribution in [0.4, 0.5) is 18.9 Å². The zero-order valence-electron chi connectivity index (χ0n) is 10.9. The predicted molar refractivity (Wildman–Crippen MR) is 76.9 cm³/mol. The third kappa shape index (κ3) is 2.94. The van der Waals surface area contributed by atoms with Gasteiger partial charge < -0.3 is 4.74 Å². The summed E-state index contributed by atoms with van der Waals surface area (Å²) >= 11 is 1.39. The maximum Gasteiger partial charge on any atom is 0.416 e. The first-order chi connectivity index (χ1) is 10.4. The molecule has 0 fully saturated rings. The average molecular weight is 323 g/mol. The van der Waals surface area contributed by atoms with E-state index in [1.165, 1.54) is 29.5 Å². The van der Waals surface area contributed by atoms with Gasteiger partial charge in [-0.25, -0.2) is 4.99 Å². The summed E-state index contributed by atoms with van der Waals surface area (Å²) in [7, 11) is 0. The van der Waals surface area contributed by atoms with E-state index in [1.54, 1.807) is 12.1 Å². The zero-order valence-corrected chi connectivity index (χ0v) is 11.7. The van der Waals surface area contributed by atoms with Gasteiger partial charge in [0.05, 0.1) is 16.1 Å². The molecule has 0 unspecified atom stereocenters. The number of carbonyl (C=O) groups is 1. The summed E-state index contributed by atoms with van der Waals surface area (Å²) in [4.78, 5) is 16.4. The van der Waals surface area contributed by atoms with Crippen LogP contribution in [-0.4, -0.2) is 11.7 Å². The molecule has 0 bridgehead atoms. The number of carbonyl (C=O) groups excluding carboxylic acids is 1. The summed E-state index contributed by atoms with van der Waals surface area (Å²) in [5, 5.41) is 1.83. The lowest BCUT2D eigenvalue weighted by Gasteiger charge is -2.07. The number of rotatable bonds is 2. The number of nitrogens with zero attached hydrogens (tertiary/aromatic N) is 1. The molecule has 3 rings (SSSR count). The highest BCUT2D eigenvalue weighted by Crippen LogP contribution is 2.32. The fraction of sp³-hybridized carbons (Fsp3) is 0.0667. The van der Waals surface area contributed by atoms with Gasteiger partial charge in [-0.3, -0.25) is 4.79 Å². The maximum absolute atomic E-state index is 12.7. The van der Waals surface area contributed by atoms with Crippen LogP contribution in [0.2, 0.25) is 0 Å². The van der Waals surface area contributed by atoms with Crippen molar-refractivity contribution in [1.82, 2.24) is 0 Å². The van der Waals surface area contributed by atoms with Crippen LogP contribution in [-0.2, 0) is 15.7 Å². The van der Waals surface area contributed by atoms with Crippen LogP contribution in [0, 0.1) is 0 Å². The standard InChI is InChI=1S/C15H8F3NO2S/c16-15(17,18)9-3-1-4-10(7-9)19-14-11(20)8-12(21-14)13-5-2-6-22-13/h1-8H. The lowest BCUT2D eigenvalue weighted by atomic mass is 10.2. The summed E-state index contributed by atoms with van der Waals surface area (Å²) in [5.74, 6) is -0.353. The van der Waals surface area contributed by atoms with Crippen molar-refractivity contribution in [1.29, 1.82) is 0 Å². The van der Waals surface area contributed by atoms with Crippen molar-refractivity contribution in [2.75, 3.05) is 0 Å². The van der Waals surface area contributed by atoms with E-state index in [0.29, 0.717) is 5.76 Å². The molecule has 7 heteroatoms. The topological polar surface area (TPSA) is 38.7 Å². The van der Waals surface area contributed by atoms with E-state index in [-0.39, 0.29) is 11.6 Å². The van der Waals surface area contributed by atoms with Crippen LogP contribution < -0.4 is 0 Å². The van der Waals surface area contributed by atoms with Gasteiger partial charge in [-0.15, -0.1) is 11.3 Å². The molecule has 112 valence electrons. The van der Waals surface area contributed by atoms with Gasteiger partial charge in [0.15, 0.2) is 5.76 Å². The Labute approximate surface area is 127 Å². The van der Waals surface area contributed by atoms with Gasteiger partial charge in [0, 0.05) is 6.08 Å². The van der Waals surface area contributed by atoms with Crippen molar-refractivity contribution in [3.05, 3.63) is 58.3 Å². The van der Waals surface area contributed by atoms with E-state index in [4.69, 9.17) is 4.74 Å². The van der Waals surface area contributed by atoms with Gasteiger partial charge in [0.2, 0.25) is 5.78 Å². The van der Waals surface area contributed by atoms with Gasteiger partial charge in [0.25, 0.3) is 5.90 Å². The van der Waals surface area contributed by atoms with Gasteiger partial charge >= 0.3 is 6.18 Å². The van der Waals surface area contributed by atoms with Crippen molar-refractivity contribution in [3.63, 3.8) is 0 Å². The summed E-state index contributed by atoms with van der Waals surface area (Å²) in [6.07, 6.45) is -3.19. The highest BCUT2D eigenvalue weighted by Gasteiger charge is 2.31. The Bertz CT molecular complexity index is 776. The first-order valence-corrected chi connectivity index (χ1v) is 7.05. The maximum atomic E-state index is 12.7. The van der Waals surface area contributed by atoms with Crippen LogP contribution in [0.3, 0.4) is 0 Å². The summed E-state index contributed by atoms with van der Waals surface area (Å²) in [6, 6.07) is 7.99. The number of ketones is 1. The van der Waals surface area contributed by atoms with Gasteiger partial charge in [0.1, 0.15) is 0 Å². The number of thiophene rings is 1. The molecular formula is C15H8F3NO2S. The Kier molecular flexibility index (Phi) is 3.58. The molecule has 0 spiro atoms. The minimum Gasteiger partial charge on any atom is -0.434 e. The quantitative estimate of drug-likeness (QED) is 0.819. The first kappa shape index (κ1) is 14.5. The van der Waals surface area contributed by atoms with E-state index in [2.05, 4.69) is 4.99 Å². The number of hydrogen-bond donors (Lipinski definition) is 0. The lowest BCUT2D eigenvalue weighted by molar-refractivity contribution is -0.137. The first-order valence-electron chi connectivity index (χ1n) is 6.17. The molecule has 0 N–H and O–H groups in total. The molecule has 2 heterocycles. The zero-order chi connectivity index (χ0) is 15.7. The molecule has 1 aliphatic heterocycles. The molecular weight excluding hydrogens is 315 g/mol. The number of benzene rings is 1. The molecule has 0 aliphatic carbocycles. The molecule has 0 atom stereocenters. The average Bonchev–Trinajstić information content (AvgIpc) is 3.09. The SMILES string of the molecule is O=C1C=C(c2cccs2)OC1=Nc1cccc(C(F)(F)F)c1. The summed E-state index contributed by atoms with van der Waals surface area (Å²) in [6.45, 7) is 0. The van der Waals surface area contributed by atoms with Crippen LogP contribution in [0.5, 0.6) is 0 Å². The highest BCUT2D eigenvalue weighted by molar-refractivity contribution is 7.11. The third-order valence-electron chi connectivity index (χ3n) is 2.85. The van der Waals surface area contributed by atoms with Crippen LogP contribution >= 0.6 is 11.3 Å². The van der Waals surface area contributed by atoms with Crippen LogP contribution in [0.25, 0.3) is 5.76 Å². The van der Waals surface area contributed by atoms with Crippen LogP contribution in [0.1, 0.15) is 10.4 Å². The van der Waals surface area contributed by atoms with E-state index < -0.39 is 17.5 Å². The Morgan fingerprint density at radius 3 is 2.64 bits per heavy atom. The minimum atomic E-state index is -4.46. The molecule has 0 saturated heterocycles. The molecule has 1 aromatic heterocycles. The largest absolute Gasteiger partial charge is 0.434 e. The molecule has 1 aromatic carbocycles. The number of aliphatic imine (C=N–C) groups is 1. The number of ether oxygens (including phenoxy) is 1. The van der Waals surface area contributed by atoms with Crippen molar-refractivity contribution in [2.24, 2.45) is 4.99 Å². The monoisotopic (exact) mass is 323 g/mol. The second-order valence-electron chi connectivity index (χ2n) is 4.42. The molecule has 1 aliphatic rings. The summed E-state index contributed by atoms with van der Waals surface area (Å²) < 4.78 is 43.3. The predicted octanol–water partition coefficient (Wildman–Crippen LogP) is 4.44. The molecule has 0 amide bonds. The summed E-state index contributed by atoms with van der Waals surface area (Å²) in [5.41, 5.74) is -0.815. The smallest absolute Gasteiger partial charge is 0.416 e. The minimum absolute atomic E-state index is 0.0130. The number of hydrogen-bond acceptors (Lipinski definition) is 4. The normalized spacial score (nSPS) is 16.8. The second-order valence-corrected chi connectivity index (χ2v) is 5.36. The van der Waals surface area contributed by atoms with E-state index >= 15 is 0 Å². The molecule has 0 saturated carbocycles. The van der Waals surface area contributed by atoms with Crippen molar-refractivity contribution in [2.45, 2.75) is 6.18 Å².